The summed E-state index contributed by atoms with van der Waals surface area (Å²) in [5, 5.41) is 11.6. The number of rotatable bonds is 6. The minimum Gasteiger partial charge on any atom is -0.354 e. The molecular weight excluding hydrogens is 304 g/mol. The van der Waals surface area contributed by atoms with Gasteiger partial charge in [0.25, 0.3) is 0 Å². The van der Waals surface area contributed by atoms with E-state index >= 15 is 0 Å². The summed E-state index contributed by atoms with van der Waals surface area (Å²) in [5.41, 5.74) is 1.00. The van der Waals surface area contributed by atoms with Crippen LogP contribution in [0, 0.1) is 11.8 Å². The van der Waals surface area contributed by atoms with Gasteiger partial charge in [-0.15, -0.1) is 5.10 Å². The van der Waals surface area contributed by atoms with Crippen molar-refractivity contribution in [1.29, 1.82) is 0 Å². The third-order valence-electron chi connectivity index (χ3n) is 5.11. The van der Waals surface area contributed by atoms with Gasteiger partial charge in [-0.3, -0.25) is 14.4 Å². The summed E-state index contributed by atoms with van der Waals surface area (Å²) < 4.78 is 1.97. The molecular formula is C17H30N6O. The van der Waals surface area contributed by atoms with Crippen molar-refractivity contribution in [3.05, 3.63) is 11.9 Å². The standard InChI is InChI=1S/C17H30N6O/c1-12(2)18-17(24)16-11-22-6-5-13(16)7-15(22)10-23-9-14(19-20-23)8-21(3)4/h9,12-13,15-16H,5-8,10-11H2,1-4H3,(H,18,24)/t13-,15+,16+/m0/s1. The van der Waals surface area contributed by atoms with Crippen LogP contribution < -0.4 is 5.32 Å². The van der Waals surface area contributed by atoms with Gasteiger partial charge in [0, 0.05) is 31.4 Å². The molecule has 1 amide bonds. The molecule has 1 unspecified atom stereocenters. The maximum atomic E-state index is 12.4. The monoisotopic (exact) mass is 334 g/mol. The van der Waals surface area contributed by atoms with Crippen LogP contribution in [0.1, 0.15) is 32.4 Å². The topological polar surface area (TPSA) is 66.3 Å². The van der Waals surface area contributed by atoms with Crippen LogP contribution in [0.2, 0.25) is 0 Å². The summed E-state index contributed by atoms with van der Waals surface area (Å²) in [7, 11) is 4.07. The summed E-state index contributed by atoms with van der Waals surface area (Å²) in [4.78, 5) is 17.0. The van der Waals surface area contributed by atoms with E-state index in [0.29, 0.717) is 12.0 Å². The van der Waals surface area contributed by atoms with Gasteiger partial charge >= 0.3 is 0 Å². The molecule has 1 N–H and O–H groups in total. The van der Waals surface area contributed by atoms with Crippen LogP contribution in [-0.2, 0) is 17.9 Å². The van der Waals surface area contributed by atoms with Gasteiger partial charge in [-0.05, 0) is 53.2 Å². The van der Waals surface area contributed by atoms with Crippen molar-refractivity contribution in [3.8, 4) is 0 Å². The molecule has 0 aromatic carbocycles. The molecule has 0 spiro atoms. The van der Waals surface area contributed by atoms with E-state index in [0.717, 1.165) is 44.7 Å². The first kappa shape index (κ1) is 17.4. The van der Waals surface area contributed by atoms with Crippen LogP contribution in [-0.4, -0.2) is 70.0 Å². The Morgan fingerprint density at radius 3 is 2.88 bits per heavy atom. The molecule has 1 aromatic heterocycles. The second-order valence-electron chi connectivity index (χ2n) is 7.87. The summed E-state index contributed by atoms with van der Waals surface area (Å²) >= 11 is 0. The minimum absolute atomic E-state index is 0.150. The molecule has 4 rings (SSSR count). The number of hydrogen-bond acceptors (Lipinski definition) is 5. The van der Waals surface area contributed by atoms with E-state index in [2.05, 4.69) is 25.4 Å². The van der Waals surface area contributed by atoms with Crippen LogP contribution in [0.3, 0.4) is 0 Å². The second-order valence-corrected chi connectivity index (χ2v) is 7.87. The lowest BCUT2D eigenvalue weighted by atomic mass is 9.75. The highest BCUT2D eigenvalue weighted by Crippen LogP contribution is 2.36. The molecule has 4 heterocycles. The number of carbonyl (C=O) groups is 1. The van der Waals surface area contributed by atoms with Crippen molar-refractivity contribution in [1.82, 2.24) is 30.1 Å². The van der Waals surface area contributed by atoms with E-state index in [1.165, 1.54) is 0 Å². The second kappa shape index (κ2) is 7.19. The number of hydrogen-bond donors (Lipinski definition) is 1. The van der Waals surface area contributed by atoms with Crippen molar-refractivity contribution in [3.63, 3.8) is 0 Å². The zero-order valence-electron chi connectivity index (χ0n) is 15.3. The van der Waals surface area contributed by atoms with Gasteiger partial charge in [0.2, 0.25) is 5.91 Å². The van der Waals surface area contributed by atoms with Gasteiger partial charge in [-0.2, -0.15) is 0 Å². The number of nitrogens with zero attached hydrogens (tertiary/aromatic N) is 5. The zero-order chi connectivity index (χ0) is 17.3. The predicted octanol–water partition coefficient (Wildman–Crippen LogP) is 0.575. The van der Waals surface area contributed by atoms with Crippen LogP contribution in [0.25, 0.3) is 0 Å². The zero-order valence-corrected chi connectivity index (χ0v) is 15.3. The van der Waals surface area contributed by atoms with Gasteiger partial charge in [0.1, 0.15) is 0 Å². The first-order chi connectivity index (χ1) is 11.4. The number of nitrogens with one attached hydrogen (secondary N) is 1. The Labute approximate surface area is 144 Å². The third-order valence-corrected chi connectivity index (χ3v) is 5.11. The Hall–Kier alpha value is -1.47. The average molecular weight is 334 g/mol. The Balaban J connectivity index is 1.58. The normalized spacial score (nSPS) is 29.4. The highest BCUT2D eigenvalue weighted by molar-refractivity contribution is 5.79. The molecule has 7 heteroatoms. The van der Waals surface area contributed by atoms with Gasteiger partial charge in [0.15, 0.2) is 0 Å². The van der Waals surface area contributed by atoms with Gasteiger partial charge < -0.3 is 10.2 Å². The molecule has 3 fully saturated rings. The fourth-order valence-electron chi connectivity index (χ4n) is 4.06. The summed E-state index contributed by atoms with van der Waals surface area (Å²) in [6.45, 7) is 7.72. The van der Waals surface area contributed by atoms with E-state index < -0.39 is 0 Å². The molecule has 1 aromatic rings. The van der Waals surface area contributed by atoms with Crippen molar-refractivity contribution in [2.45, 2.75) is 51.9 Å². The van der Waals surface area contributed by atoms with Crippen molar-refractivity contribution in [2.75, 3.05) is 27.2 Å². The molecule has 3 aliphatic rings. The molecule has 24 heavy (non-hydrogen) atoms. The molecule has 0 saturated carbocycles. The van der Waals surface area contributed by atoms with E-state index in [9.17, 15) is 4.79 Å². The molecule has 7 nitrogen and oxygen atoms in total. The number of carbonyl (C=O) groups excluding carboxylic acids is 1. The summed E-state index contributed by atoms with van der Waals surface area (Å²) in [6, 6.07) is 0.690. The van der Waals surface area contributed by atoms with Crippen molar-refractivity contribution in [2.24, 2.45) is 11.8 Å². The van der Waals surface area contributed by atoms with Crippen LogP contribution in [0.5, 0.6) is 0 Å². The van der Waals surface area contributed by atoms with E-state index in [1.54, 1.807) is 0 Å². The predicted molar refractivity (Wildman–Crippen MR) is 92.3 cm³/mol. The van der Waals surface area contributed by atoms with Crippen LogP contribution >= 0.6 is 0 Å². The van der Waals surface area contributed by atoms with E-state index in [4.69, 9.17) is 0 Å². The van der Waals surface area contributed by atoms with Crippen molar-refractivity contribution >= 4 is 5.91 Å². The molecule has 134 valence electrons. The lowest BCUT2D eigenvalue weighted by Gasteiger charge is -2.49. The fourth-order valence-corrected chi connectivity index (χ4v) is 4.06. The first-order valence-electron chi connectivity index (χ1n) is 9.00. The third kappa shape index (κ3) is 3.95. The molecule has 0 aliphatic carbocycles. The number of fused-ring (bicyclic) bond motifs is 3. The maximum absolute atomic E-state index is 12.4. The highest BCUT2D eigenvalue weighted by atomic mass is 16.2. The lowest BCUT2D eigenvalue weighted by molar-refractivity contribution is -0.133. The molecule has 3 saturated heterocycles. The quantitative estimate of drug-likeness (QED) is 0.824. The number of amides is 1. The first-order valence-corrected chi connectivity index (χ1v) is 9.00. The fraction of sp³-hybridized carbons (Fsp3) is 0.824. The Morgan fingerprint density at radius 2 is 2.25 bits per heavy atom. The maximum Gasteiger partial charge on any atom is 0.224 e. The van der Waals surface area contributed by atoms with Gasteiger partial charge in [0.05, 0.1) is 18.2 Å². The Kier molecular flexibility index (Phi) is 5.20. The number of aromatic nitrogens is 3. The van der Waals surface area contributed by atoms with Gasteiger partial charge in [-0.1, -0.05) is 5.21 Å². The summed E-state index contributed by atoms with van der Waals surface area (Å²) in [6.07, 6.45) is 4.27. The number of piperidine rings is 3. The molecule has 2 bridgehead atoms. The minimum atomic E-state index is 0.150. The molecule has 0 radical (unpaired) electrons. The van der Waals surface area contributed by atoms with Crippen LogP contribution in [0.15, 0.2) is 6.20 Å². The van der Waals surface area contributed by atoms with Gasteiger partial charge in [-0.25, -0.2) is 0 Å². The average Bonchev–Trinajstić information content (AvgIpc) is 2.93. The molecule has 4 atom stereocenters. The molecule has 3 aliphatic heterocycles. The van der Waals surface area contributed by atoms with Crippen LogP contribution in [0.4, 0.5) is 0 Å². The lowest BCUT2D eigenvalue weighted by Crippen LogP contribution is -2.58. The Morgan fingerprint density at radius 1 is 1.46 bits per heavy atom. The Bertz CT molecular complexity index is 569. The van der Waals surface area contributed by atoms with E-state index in [-0.39, 0.29) is 17.9 Å². The van der Waals surface area contributed by atoms with E-state index in [1.807, 2.05) is 38.8 Å². The summed E-state index contributed by atoms with van der Waals surface area (Å²) in [5.74, 6) is 0.883. The highest BCUT2D eigenvalue weighted by Gasteiger charge is 2.43. The largest absolute Gasteiger partial charge is 0.354 e. The SMILES string of the molecule is CC(C)NC(=O)[C@@H]1CN2CC[C@H]1C[C@@H]2Cn1cc(CN(C)C)nn1. The van der Waals surface area contributed by atoms with Crippen molar-refractivity contribution < 1.29 is 4.79 Å². The smallest absolute Gasteiger partial charge is 0.224 e.